The van der Waals surface area contributed by atoms with Crippen LogP contribution in [0.15, 0.2) is 54.6 Å². The number of hydrogen-bond donors (Lipinski definition) is 3. The molecule has 0 bridgehead atoms. The quantitative estimate of drug-likeness (QED) is 0.708. The van der Waals surface area contributed by atoms with Crippen molar-refractivity contribution < 1.29 is 27.9 Å². The van der Waals surface area contributed by atoms with Crippen LogP contribution < -0.4 is 10.6 Å². The maximum Gasteiger partial charge on any atom is 0.416 e. The van der Waals surface area contributed by atoms with E-state index >= 15 is 0 Å². The summed E-state index contributed by atoms with van der Waals surface area (Å²) >= 11 is 0. The molecule has 0 spiro atoms. The Kier molecular flexibility index (Phi) is 5.42. The number of hydrogen-bond acceptors (Lipinski definition) is 3. The molecule has 5 nitrogen and oxygen atoms in total. The molecule has 0 aliphatic heterocycles. The van der Waals surface area contributed by atoms with Crippen molar-refractivity contribution in [2.24, 2.45) is 0 Å². The van der Waals surface area contributed by atoms with E-state index in [1.807, 2.05) is 30.3 Å². The maximum atomic E-state index is 12.8. The molecule has 1 saturated carbocycles. The molecule has 0 heterocycles. The number of benzene rings is 2. The van der Waals surface area contributed by atoms with Gasteiger partial charge in [-0.05, 0) is 36.6 Å². The zero-order valence-electron chi connectivity index (χ0n) is 14.8. The van der Waals surface area contributed by atoms with Gasteiger partial charge in [0, 0.05) is 5.69 Å². The molecule has 2 aromatic carbocycles. The Balaban J connectivity index is 1.69. The van der Waals surface area contributed by atoms with E-state index in [4.69, 9.17) is 0 Å². The smallest absolute Gasteiger partial charge is 0.394 e. The molecule has 1 fully saturated rings. The van der Waals surface area contributed by atoms with Gasteiger partial charge in [-0.1, -0.05) is 36.4 Å². The average molecular weight is 392 g/mol. The number of aliphatic hydroxyl groups excluding tert-OH is 1. The molecule has 0 radical (unpaired) electrons. The Labute approximate surface area is 159 Å². The summed E-state index contributed by atoms with van der Waals surface area (Å²) in [6.07, 6.45) is -3.30. The van der Waals surface area contributed by atoms with Crippen molar-refractivity contribution in [2.45, 2.75) is 30.5 Å². The van der Waals surface area contributed by atoms with Gasteiger partial charge in [0.05, 0.1) is 17.6 Å². The van der Waals surface area contributed by atoms with E-state index in [0.717, 1.165) is 17.7 Å². The third-order valence-corrected chi connectivity index (χ3v) is 4.77. The van der Waals surface area contributed by atoms with Gasteiger partial charge in [0.1, 0.15) is 6.04 Å². The number of anilines is 1. The molecule has 2 amide bonds. The highest BCUT2D eigenvalue weighted by Gasteiger charge is 2.51. The van der Waals surface area contributed by atoms with Crippen molar-refractivity contribution in [3.05, 3.63) is 65.7 Å². The summed E-state index contributed by atoms with van der Waals surface area (Å²) in [5.74, 6) is -1.18. The fourth-order valence-corrected chi connectivity index (χ4v) is 3.02. The minimum absolute atomic E-state index is 0.0725. The Hall–Kier alpha value is -2.87. The number of amides is 2. The number of aliphatic hydroxyl groups is 1. The lowest BCUT2D eigenvalue weighted by molar-refractivity contribution is -0.137. The van der Waals surface area contributed by atoms with Gasteiger partial charge in [-0.25, -0.2) is 0 Å². The highest BCUT2D eigenvalue weighted by atomic mass is 19.4. The lowest BCUT2D eigenvalue weighted by Gasteiger charge is -2.21. The van der Waals surface area contributed by atoms with E-state index < -0.39 is 41.6 Å². The van der Waals surface area contributed by atoms with Crippen LogP contribution in [0.25, 0.3) is 0 Å². The standard InChI is InChI=1S/C20H19F3N2O3/c21-20(22,23)14-7-4-8-15(11-14)24-17(27)16(12-26)25-18(28)19(9-10-19)13-5-2-1-3-6-13/h1-8,11,16,26H,9-10,12H2,(H,24,27)(H,25,28)/t16-/m0/s1. The van der Waals surface area contributed by atoms with Crippen molar-refractivity contribution in [1.82, 2.24) is 5.32 Å². The topological polar surface area (TPSA) is 78.4 Å². The molecular weight excluding hydrogens is 373 g/mol. The maximum absolute atomic E-state index is 12.8. The first-order valence-electron chi connectivity index (χ1n) is 8.72. The van der Waals surface area contributed by atoms with Crippen molar-refractivity contribution in [3.63, 3.8) is 0 Å². The predicted octanol–water partition coefficient (Wildman–Crippen LogP) is 2.85. The molecule has 8 heteroatoms. The number of carbonyl (C=O) groups is 2. The first-order chi connectivity index (χ1) is 13.3. The van der Waals surface area contributed by atoms with Gasteiger partial charge in [-0.15, -0.1) is 0 Å². The fourth-order valence-electron chi connectivity index (χ4n) is 3.02. The largest absolute Gasteiger partial charge is 0.416 e. The fraction of sp³-hybridized carbons (Fsp3) is 0.300. The van der Waals surface area contributed by atoms with Crippen LogP contribution in [0.5, 0.6) is 0 Å². The van der Waals surface area contributed by atoms with Crippen LogP contribution in [0.3, 0.4) is 0 Å². The summed E-state index contributed by atoms with van der Waals surface area (Å²) < 4.78 is 38.4. The Morgan fingerprint density at radius 1 is 1.07 bits per heavy atom. The summed E-state index contributed by atoms with van der Waals surface area (Å²) in [7, 11) is 0. The summed E-state index contributed by atoms with van der Waals surface area (Å²) in [6, 6.07) is 12.0. The molecule has 0 saturated heterocycles. The van der Waals surface area contributed by atoms with E-state index in [-0.39, 0.29) is 5.69 Å². The van der Waals surface area contributed by atoms with Crippen molar-refractivity contribution in [3.8, 4) is 0 Å². The number of nitrogens with one attached hydrogen (secondary N) is 2. The minimum Gasteiger partial charge on any atom is -0.394 e. The first-order valence-corrected chi connectivity index (χ1v) is 8.72. The van der Waals surface area contributed by atoms with Gasteiger partial charge < -0.3 is 15.7 Å². The molecule has 28 heavy (non-hydrogen) atoms. The second kappa shape index (κ2) is 7.63. The molecular formula is C20H19F3N2O3. The van der Waals surface area contributed by atoms with Gasteiger partial charge in [-0.3, -0.25) is 9.59 Å². The average Bonchev–Trinajstić information content (AvgIpc) is 3.48. The summed E-state index contributed by atoms with van der Waals surface area (Å²) in [4.78, 5) is 25.0. The molecule has 148 valence electrons. The van der Waals surface area contributed by atoms with Gasteiger partial charge in [-0.2, -0.15) is 13.2 Å². The van der Waals surface area contributed by atoms with Crippen LogP contribution >= 0.6 is 0 Å². The Bertz CT molecular complexity index is 864. The SMILES string of the molecule is O=C(Nc1cccc(C(F)(F)F)c1)[C@H](CO)NC(=O)C1(c2ccccc2)CC1. The summed E-state index contributed by atoms with van der Waals surface area (Å²) in [5, 5.41) is 14.3. The number of carbonyl (C=O) groups excluding carboxylic acids is 2. The van der Waals surface area contributed by atoms with E-state index in [0.29, 0.717) is 12.8 Å². The van der Waals surface area contributed by atoms with Crippen molar-refractivity contribution >= 4 is 17.5 Å². The van der Waals surface area contributed by atoms with Crippen molar-refractivity contribution in [1.29, 1.82) is 0 Å². The molecule has 1 aliphatic rings. The van der Waals surface area contributed by atoms with Crippen LogP contribution in [0.1, 0.15) is 24.0 Å². The number of alkyl halides is 3. The number of halogens is 3. The highest BCUT2D eigenvalue weighted by Crippen LogP contribution is 2.48. The molecule has 3 rings (SSSR count). The molecule has 0 aromatic heterocycles. The van der Waals surface area contributed by atoms with Gasteiger partial charge in [0.15, 0.2) is 0 Å². The normalized spacial score (nSPS) is 16.1. The first kappa shape index (κ1) is 19.9. The third kappa shape index (κ3) is 4.17. The van der Waals surface area contributed by atoms with E-state index in [2.05, 4.69) is 10.6 Å². The van der Waals surface area contributed by atoms with Crippen LogP contribution in [-0.4, -0.2) is 29.6 Å². The van der Waals surface area contributed by atoms with Gasteiger partial charge in [0.2, 0.25) is 11.8 Å². The lowest BCUT2D eigenvalue weighted by atomic mass is 9.94. The van der Waals surface area contributed by atoms with Crippen LogP contribution in [0.2, 0.25) is 0 Å². The van der Waals surface area contributed by atoms with E-state index in [1.165, 1.54) is 12.1 Å². The van der Waals surface area contributed by atoms with Crippen LogP contribution in [0, 0.1) is 0 Å². The molecule has 3 N–H and O–H groups in total. The van der Waals surface area contributed by atoms with Crippen LogP contribution in [-0.2, 0) is 21.2 Å². The van der Waals surface area contributed by atoms with E-state index in [1.54, 1.807) is 0 Å². The monoisotopic (exact) mass is 392 g/mol. The lowest BCUT2D eigenvalue weighted by Crippen LogP contribution is -2.49. The molecule has 1 aliphatic carbocycles. The minimum atomic E-state index is -4.54. The zero-order valence-corrected chi connectivity index (χ0v) is 14.8. The second-order valence-electron chi connectivity index (χ2n) is 6.72. The summed E-state index contributed by atoms with van der Waals surface area (Å²) in [6.45, 7) is -0.679. The van der Waals surface area contributed by atoms with Gasteiger partial charge in [0.25, 0.3) is 0 Å². The molecule has 0 unspecified atom stereocenters. The zero-order chi connectivity index (χ0) is 20.4. The van der Waals surface area contributed by atoms with E-state index in [9.17, 15) is 27.9 Å². The predicted molar refractivity (Wildman–Crippen MR) is 96.4 cm³/mol. The Morgan fingerprint density at radius 3 is 2.32 bits per heavy atom. The summed E-state index contributed by atoms with van der Waals surface area (Å²) in [5.41, 5.74) is -0.888. The second-order valence-corrected chi connectivity index (χ2v) is 6.72. The number of rotatable bonds is 6. The van der Waals surface area contributed by atoms with Gasteiger partial charge >= 0.3 is 6.18 Å². The third-order valence-electron chi connectivity index (χ3n) is 4.77. The van der Waals surface area contributed by atoms with Crippen molar-refractivity contribution in [2.75, 3.05) is 11.9 Å². The van der Waals surface area contributed by atoms with Crippen LogP contribution in [0.4, 0.5) is 18.9 Å². The Morgan fingerprint density at radius 2 is 1.75 bits per heavy atom. The molecule has 2 aromatic rings. The highest BCUT2D eigenvalue weighted by molar-refractivity contribution is 6.00. The molecule has 1 atom stereocenters.